The highest BCUT2D eigenvalue weighted by atomic mass is 19.1. The average molecular weight is 445 g/mol. The third-order valence-electron chi connectivity index (χ3n) is 5.70. The van der Waals surface area contributed by atoms with Gasteiger partial charge in [0.2, 0.25) is 5.95 Å². The maximum atomic E-state index is 15.2. The fraction of sp³-hybridized carbons (Fsp3) is 0.185. The summed E-state index contributed by atoms with van der Waals surface area (Å²) in [5.74, 6) is -1.47. The van der Waals surface area contributed by atoms with Crippen LogP contribution in [0.5, 0.6) is 0 Å². The molecule has 4 aromatic rings. The van der Waals surface area contributed by atoms with Crippen molar-refractivity contribution in [3.8, 4) is 11.1 Å². The van der Waals surface area contributed by atoms with Crippen molar-refractivity contribution in [3.05, 3.63) is 118 Å². The Balaban J connectivity index is 1.66. The number of rotatable bonds is 8. The summed E-state index contributed by atoms with van der Waals surface area (Å²) >= 11 is 0. The van der Waals surface area contributed by atoms with Crippen molar-refractivity contribution in [3.63, 3.8) is 0 Å². The third-order valence-corrected chi connectivity index (χ3v) is 5.70. The van der Waals surface area contributed by atoms with E-state index >= 15 is 4.39 Å². The van der Waals surface area contributed by atoms with Gasteiger partial charge in [0.1, 0.15) is 0 Å². The van der Waals surface area contributed by atoms with Gasteiger partial charge in [-0.25, -0.2) is 9.59 Å². The van der Waals surface area contributed by atoms with Gasteiger partial charge < -0.3 is 5.11 Å². The van der Waals surface area contributed by atoms with E-state index < -0.39 is 11.9 Å². The second kappa shape index (κ2) is 9.69. The number of hydrogen-bond donors (Lipinski definition) is 1. The molecule has 0 amide bonds. The Morgan fingerprint density at radius 2 is 1.45 bits per heavy atom. The van der Waals surface area contributed by atoms with Gasteiger partial charge in [-0.15, -0.1) is 0 Å². The van der Waals surface area contributed by atoms with Gasteiger partial charge in [0.05, 0.1) is 24.3 Å². The van der Waals surface area contributed by atoms with E-state index in [1.54, 1.807) is 24.3 Å². The Morgan fingerprint density at radius 1 is 0.848 bits per heavy atom. The van der Waals surface area contributed by atoms with E-state index in [2.05, 4.69) is 0 Å². The minimum atomic E-state index is -0.985. The Bertz CT molecular complexity index is 1320. The molecule has 0 unspecified atom stereocenters. The van der Waals surface area contributed by atoms with Crippen molar-refractivity contribution >= 4 is 5.97 Å². The molecule has 0 aliphatic heterocycles. The molecule has 4 rings (SSSR count). The summed E-state index contributed by atoms with van der Waals surface area (Å²) in [5, 5.41) is 9.45. The van der Waals surface area contributed by atoms with Crippen LogP contribution < -0.4 is 5.69 Å². The van der Waals surface area contributed by atoms with E-state index in [-0.39, 0.29) is 24.3 Å². The highest BCUT2D eigenvalue weighted by Crippen LogP contribution is 2.24. The summed E-state index contributed by atoms with van der Waals surface area (Å²) in [7, 11) is 0. The molecule has 6 heteroatoms. The molecule has 1 N–H and O–H groups in total. The number of aromatic nitrogens is 2. The third kappa shape index (κ3) is 4.65. The van der Waals surface area contributed by atoms with Crippen LogP contribution in [0.3, 0.4) is 0 Å². The molecule has 1 aromatic heterocycles. The van der Waals surface area contributed by atoms with E-state index in [0.29, 0.717) is 17.7 Å². The van der Waals surface area contributed by atoms with Crippen molar-refractivity contribution in [1.82, 2.24) is 9.13 Å². The number of carboxylic acid groups (broad SMARTS) is 1. The van der Waals surface area contributed by atoms with Crippen LogP contribution in [0.4, 0.5) is 4.39 Å². The average Bonchev–Trinajstić information content (AvgIpc) is 3.05. The smallest absolute Gasteiger partial charge is 0.336 e. The van der Waals surface area contributed by atoms with Crippen LogP contribution >= 0.6 is 0 Å². The maximum Gasteiger partial charge on any atom is 0.336 e. The predicted molar refractivity (Wildman–Crippen MR) is 126 cm³/mol. The molecular formula is C27H25FN2O3. The Kier molecular flexibility index (Phi) is 6.54. The lowest BCUT2D eigenvalue weighted by Crippen LogP contribution is -2.26. The van der Waals surface area contributed by atoms with Crippen LogP contribution in [0.1, 0.15) is 40.5 Å². The fourth-order valence-electron chi connectivity index (χ4n) is 4.05. The van der Waals surface area contributed by atoms with E-state index in [4.69, 9.17) is 0 Å². The summed E-state index contributed by atoms with van der Waals surface area (Å²) in [6.45, 7) is 2.38. The molecule has 0 bridgehead atoms. The first-order valence-electron chi connectivity index (χ1n) is 10.9. The van der Waals surface area contributed by atoms with Crippen LogP contribution in [-0.2, 0) is 19.5 Å². The summed E-state index contributed by atoms with van der Waals surface area (Å²) in [5.41, 5.74) is 3.35. The summed E-state index contributed by atoms with van der Waals surface area (Å²) in [6, 6.07) is 23.5. The second-order valence-corrected chi connectivity index (χ2v) is 7.98. The molecule has 0 saturated heterocycles. The second-order valence-electron chi connectivity index (χ2n) is 7.98. The summed E-state index contributed by atoms with van der Waals surface area (Å²) in [4.78, 5) is 24.7. The van der Waals surface area contributed by atoms with Crippen LogP contribution in [0.15, 0.2) is 83.7 Å². The highest BCUT2D eigenvalue weighted by Gasteiger charge is 2.20. The monoisotopic (exact) mass is 444 g/mol. The van der Waals surface area contributed by atoms with E-state index in [1.165, 1.54) is 9.13 Å². The molecule has 33 heavy (non-hydrogen) atoms. The van der Waals surface area contributed by atoms with Gasteiger partial charge >= 0.3 is 11.7 Å². The molecule has 5 nitrogen and oxygen atoms in total. The van der Waals surface area contributed by atoms with Gasteiger partial charge in [0, 0.05) is 0 Å². The number of benzene rings is 3. The molecule has 3 aromatic carbocycles. The lowest BCUT2D eigenvalue weighted by atomic mass is 9.99. The minimum absolute atomic E-state index is 0.181. The molecule has 168 valence electrons. The number of halogens is 1. The first-order valence-corrected chi connectivity index (χ1v) is 10.9. The molecule has 0 aliphatic carbocycles. The van der Waals surface area contributed by atoms with Gasteiger partial charge in [0.15, 0.2) is 0 Å². The molecule has 0 fully saturated rings. The first kappa shape index (κ1) is 22.3. The minimum Gasteiger partial charge on any atom is -0.478 e. The van der Waals surface area contributed by atoms with Crippen molar-refractivity contribution in [2.75, 3.05) is 0 Å². The van der Waals surface area contributed by atoms with E-state index in [9.17, 15) is 14.7 Å². The van der Waals surface area contributed by atoms with Gasteiger partial charge in [0.25, 0.3) is 0 Å². The topological polar surface area (TPSA) is 64.2 Å². The van der Waals surface area contributed by atoms with Gasteiger partial charge in [-0.3, -0.25) is 9.13 Å². The number of hydrogen-bond acceptors (Lipinski definition) is 2. The van der Waals surface area contributed by atoms with Crippen molar-refractivity contribution in [2.45, 2.75) is 32.9 Å². The zero-order chi connectivity index (χ0) is 23.4. The molecule has 0 saturated carbocycles. The van der Waals surface area contributed by atoms with Crippen molar-refractivity contribution in [1.29, 1.82) is 0 Å². The number of imidazole rings is 1. The Labute approximate surface area is 191 Å². The fourth-order valence-corrected chi connectivity index (χ4v) is 4.05. The van der Waals surface area contributed by atoms with Gasteiger partial charge in [-0.2, -0.15) is 4.39 Å². The highest BCUT2D eigenvalue weighted by molar-refractivity contribution is 5.95. The molecule has 0 spiro atoms. The standard InChI is InChI=1S/C27H25FN2O3/c1-2-8-24-25(28)30(18-19-9-4-3-5-10-19)27(33)29(24)17-20-13-15-21(16-14-20)22-11-6-7-12-23(22)26(31)32/h3-7,9-16H,2,8,17-18H2,1H3,(H,31,32). The number of nitrogens with zero attached hydrogens (tertiary/aromatic N) is 2. The Hall–Kier alpha value is -3.93. The van der Waals surface area contributed by atoms with Crippen LogP contribution in [-0.4, -0.2) is 20.2 Å². The van der Waals surface area contributed by atoms with E-state index in [0.717, 1.165) is 23.1 Å². The molecule has 0 aliphatic rings. The largest absolute Gasteiger partial charge is 0.478 e. The number of carboxylic acids is 1. The lowest BCUT2D eigenvalue weighted by Gasteiger charge is -2.09. The SMILES string of the molecule is CCCc1c(F)n(Cc2ccccc2)c(=O)n1Cc1ccc(-c2ccccc2C(=O)O)cc1. The lowest BCUT2D eigenvalue weighted by molar-refractivity contribution is 0.0697. The summed E-state index contributed by atoms with van der Waals surface area (Å²) in [6.07, 6.45) is 1.18. The Morgan fingerprint density at radius 3 is 2.12 bits per heavy atom. The van der Waals surface area contributed by atoms with Crippen LogP contribution in [0.2, 0.25) is 0 Å². The molecular weight excluding hydrogens is 419 g/mol. The van der Waals surface area contributed by atoms with Gasteiger partial charge in [-0.05, 0) is 34.7 Å². The maximum absolute atomic E-state index is 15.2. The number of aromatic carboxylic acids is 1. The molecule has 0 atom stereocenters. The predicted octanol–water partition coefficient (Wildman–Crippen LogP) is 5.20. The quantitative estimate of drug-likeness (QED) is 0.406. The van der Waals surface area contributed by atoms with Gasteiger partial charge in [-0.1, -0.05) is 86.1 Å². The molecule has 1 heterocycles. The number of carbonyl (C=O) groups is 1. The first-order chi connectivity index (χ1) is 16.0. The molecule has 0 radical (unpaired) electrons. The zero-order valence-corrected chi connectivity index (χ0v) is 18.4. The normalized spacial score (nSPS) is 11.0. The van der Waals surface area contributed by atoms with Crippen LogP contribution in [0, 0.1) is 5.95 Å². The van der Waals surface area contributed by atoms with Crippen molar-refractivity contribution in [2.24, 2.45) is 0 Å². The summed E-state index contributed by atoms with van der Waals surface area (Å²) < 4.78 is 17.9. The zero-order valence-electron chi connectivity index (χ0n) is 18.4. The van der Waals surface area contributed by atoms with Crippen LogP contribution in [0.25, 0.3) is 11.1 Å². The van der Waals surface area contributed by atoms with E-state index in [1.807, 2.05) is 61.5 Å². The van der Waals surface area contributed by atoms with Crippen molar-refractivity contribution < 1.29 is 14.3 Å².